The Morgan fingerprint density at radius 3 is 2.55 bits per heavy atom. The van der Waals surface area contributed by atoms with E-state index >= 15 is 0 Å². The average Bonchev–Trinajstić information content (AvgIpc) is 3.09. The van der Waals surface area contributed by atoms with E-state index in [0.29, 0.717) is 22.5 Å². The van der Waals surface area contributed by atoms with Gasteiger partial charge < -0.3 is 19.4 Å². The molecule has 0 unspecified atom stereocenters. The van der Waals surface area contributed by atoms with Gasteiger partial charge in [0.1, 0.15) is 0 Å². The molecular formula is C21H24N4O3S. The second-order valence-electron chi connectivity index (χ2n) is 6.59. The summed E-state index contributed by atoms with van der Waals surface area (Å²) in [5, 5.41) is 12.1. The maximum Gasteiger partial charge on any atom is 0.234 e. The second kappa shape index (κ2) is 9.00. The number of nitrogens with one attached hydrogen (secondary N) is 1. The molecule has 0 aliphatic carbocycles. The largest absolute Gasteiger partial charge is 0.493 e. The van der Waals surface area contributed by atoms with Gasteiger partial charge in [0, 0.05) is 18.3 Å². The predicted molar refractivity (Wildman–Crippen MR) is 115 cm³/mol. The fourth-order valence-electron chi connectivity index (χ4n) is 2.85. The van der Waals surface area contributed by atoms with Crippen LogP contribution in [0.3, 0.4) is 0 Å². The Morgan fingerprint density at radius 2 is 1.83 bits per heavy atom. The van der Waals surface area contributed by atoms with Crippen molar-refractivity contribution in [1.82, 2.24) is 14.8 Å². The number of nitrogens with zero attached hydrogens (tertiary/aromatic N) is 3. The first-order valence-electron chi connectivity index (χ1n) is 9.04. The molecule has 2 aromatic carbocycles. The van der Waals surface area contributed by atoms with Crippen LogP contribution in [0.1, 0.15) is 11.1 Å². The summed E-state index contributed by atoms with van der Waals surface area (Å²) in [6.07, 6.45) is 0. The van der Waals surface area contributed by atoms with Gasteiger partial charge in [0.25, 0.3) is 0 Å². The highest BCUT2D eigenvalue weighted by atomic mass is 32.2. The van der Waals surface area contributed by atoms with Gasteiger partial charge in [-0.1, -0.05) is 23.9 Å². The van der Waals surface area contributed by atoms with Crippen LogP contribution in [0.2, 0.25) is 0 Å². The van der Waals surface area contributed by atoms with E-state index in [1.165, 1.54) is 11.8 Å². The third-order valence-electron chi connectivity index (χ3n) is 4.48. The molecule has 1 N–H and O–H groups in total. The quantitative estimate of drug-likeness (QED) is 0.594. The standard InChI is InChI=1S/C21H24N4O3S/c1-13-6-7-14(2)16(10-13)22-19(26)12-29-21-24-23-20(25(21)3)15-8-9-17(27-4)18(11-15)28-5/h6-11H,12H2,1-5H3,(H,22,26). The summed E-state index contributed by atoms with van der Waals surface area (Å²) in [7, 11) is 5.06. The van der Waals surface area contributed by atoms with Crippen molar-refractivity contribution in [3.05, 3.63) is 47.5 Å². The van der Waals surface area contributed by atoms with Gasteiger partial charge in [-0.3, -0.25) is 4.79 Å². The van der Waals surface area contributed by atoms with Crippen LogP contribution in [0.15, 0.2) is 41.6 Å². The number of anilines is 1. The summed E-state index contributed by atoms with van der Waals surface area (Å²) < 4.78 is 12.5. The number of hydrogen-bond donors (Lipinski definition) is 1. The molecule has 1 heterocycles. The SMILES string of the molecule is COc1ccc(-c2nnc(SCC(=O)Nc3cc(C)ccc3C)n2C)cc1OC. The highest BCUT2D eigenvalue weighted by molar-refractivity contribution is 7.99. The lowest BCUT2D eigenvalue weighted by molar-refractivity contribution is -0.113. The lowest BCUT2D eigenvalue weighted by atomic mass is 10.1. The topological polar surface area (TPSA) is 78.3 Å². The monoisotopic (exact) mass is 412 g/mol. The number of aryl methyl sites for hydroxylation is 2. The predicted octanol–water partition coefficient (Wildman–Crippen LogP) is 3.85. The molecule has 0 spiro atoms. The van der Waals surface area contributed by atoms with Crippen molar-refractivity contribution in [1.29, 1.82) is 0 Å². The Hall–Kier alpha value is -3.00. The van der Waals surface area contributed by atoms with E-state index in [2.05, 4.69) is 15.5 Å². The summed E-state index contributed by atoms with van der Waals surface area (Å²) >= 11 is 1.34. The number of aromatic nitrogens is 3. The van der Waals surface area contributed by atoms with Crippen LogP contribution in [0.4, 0.5) is 5.69 Å². The van der Waals surface area contributed by atoms with Crippen LogP contribution in [0.5, 0.6) is 11.5 Å². The maximum absolute atomic E-state index is 12.4. The van der Waals surface area contributed by atoms with Gasteiger partial charge in [0.15, 0.2) is 22.5 Å². The fraction of sp³-hybridized carbons (Fsp3) is 0.286. The number of carbonyl (C=O) groups is 1. The molecule has 0 bridgehead atoms. The van der Waals surface area contributed by atoms with Gasteiger partial charge in [-0.15, -0.1) is 10.2 Å². The van der Waals surface area contributed by atoms with E-state index in [1.54, 1.807) is 14.2 Å². The first kappa shape index (κ1) is 20.7. The second-order valence-corrected chi connectivity index (χ2v) is 7.53. The first-order chi connectivity index (χ1) is 13.9. The van der Waals surface area contributed by atoms with Gasteiger partial charge in [-0.25, -0.2) is 0 Å². The lowest BCUT2D eigenvalue weighted by Gasteiger charge is -2.10. The highest BCUT2D eigenvalue weighted by Crippen LogP contribution is 2.32. The molecule has 0 atom stereocenters. The van der Waals surface area contributed by atoms with Gasteiger partial charge in [-0.05, 0) is 49.2 Å². The summed E-state index contributed by atoms with van der Waals surface area (Å²) in [6.45, 7) is 3.97. The molecule has 3 aromatic rings. The Morgan fingerprint density at radius 1 is 1.07 bits per heavy atom. The number of carbonyl (C=O) groups excluding carboxylic acids is 1. The number of thioether (sulfide) groups is 1. The fourth-order valence-corrected chi connectivity index (χ4v) is 3.57. The normalized spacial score (nSPS) is 10.7. The number of ether oxygens (including phenoxy) is 2. The Balaban J connectivity index is 1.70. The van der Waals surface area contributed by atoms with Crippen molar-refractivity contribution >= 4 is 23.4 Å². The van der Waals surface area contributed by atoms with Gasteiger partial charge in [0.2, 0.25) is 5.91 Å². The van der Waals surface area contributed by atoms with Crippen molar-refractivity contribution in [2.24, 2.45) is 7.05 Å². The Kier molecular flexibility index (Phi) is 6.43. The number of hydrogen-bond acceptors (Lipinski definition) is 6. The minimum absolute atomic E-state index is 0.0839. The molecule has 8 heteroatoms. The summed E-state index contributed by atoms with van der Waals surface area (Å²) in [5.41, 5.74) is 3.82. The molecule has 7 nitrogen and oxygen atoms in total. The minimum atomic E-state index is -0.0839. The molecule has 3 rings (SSSR count). The van der Waals surface area contributed by atoms with Crippen LogP contribution in [-0.4, -0.2) is 40.6 Å². The van der Waals surface area contributed by atoms with Crippen molar-refractivity contribution in [2.75, 3.05) is 25.3 Å². The Labute approximate surface area is 174 Å². The molecule has 1 amide bonds. The van der Waals surface area contributed by atoms with Crippen LogP contribution in [0.25, 0.3) is 11.4 Å². The molecule has 0 aliphatic heterocycles. The number of rotatable bonds is 7. The van der Waals surface area contributed by atoms with E-state index in [1.807, 2.05) is 61.9 Å². The van der Waals surface area contributed by atoms with E-state index in [0.717, 1.165) is 22.4 Å². The third kappa shape index (κ3) is 4.71. The molecule has 1 aromatic heterocycles. The maximum atomic E-state index is 12.4. The summed E-state index contributed by atoms with van der Waals surface area (Å²) in [4.78, 5) is 12.4. The molecule has 0 saturated heterocycles. The number of methoxy groups -OCH3 is 2. The molecule has 0 fully saturated rings. The summed E-state index contributed by atoms with van der Waals surface area (Å²) in [5.74, 6) is 2.11. The van der Waals surface area contributed by atoms with E-state index in [9.17, 15) is 4.79 Å². The Bertz CT molecular complexity index is 1030. The number of amides is 1. The minimum Gasteiger partial charge on any atom is -0.493 e. The van der Waals surface area contributed by atoms with E-state index < -0.39 is 0 Å². The first-order valence-corrected chi connectivity index (χ1v) is 10.0. The molecule has 0 radical (unpaired) electrons. The van der Waals surface area contributed by atoms with Crippen LogP contribution >= 0.6 is 11.8 Å². The van der Waals surface area contributed by atoms with Gasteiger partial charge in [-0.2, -0.15) is 0 Å². The highest BCUT2D eigenvalue weighted by Gasteiger charge is 2.15. The number of benzene rings is 2. The van der Waals surface area contributed by atoms with Crippen LogP contribution in [-0.2, 0) is 11.8 Å². The van der Waals surface area contributed by atoms with Gasteiger partial charge in [0.05, 0.1) is 20.0 Å². The summed E-state index contributed by atoms with van der Waals surface area (Å²) in [6, 6.07) is 11.6. The van der Waals surface area contributed by atoms with Crippen LogP contribution in [0, 0.1) is 13.8 Å². The molecule has 0 aliphatic rings. The molecular weight excluding hydrogens is 388 g/mol. The zero-order valence-electron chi connectivity index (χ0n) is 17.1. The van der Waals surface area contributed by atoms with E-state index in [-0.39, 0.29) is 11.7 Å². The lowest BCUT2D eigenvalue weighted by Crippen LogP contribution is -2.15. The van der Waals surface area contributed by atoms with Crippen LogP contribution < -0.4 is 14.8 Å². The molecule has 152 valence electrons. The molecule has 0 saturated carbocycles. The van der Waals surface area contributed by atoms with Gasteiger partial charge >= 0.3 is 0 Å². The average molecular weight is 413 g/mol. The third-order valence-corrected chi connectivity index (χ3v) is 5.50. The molecule has 29 heavy (non-hydrogen) atoms. The van der Waals surface area contributed by atoms with Crippen molar-refractivity contribution in [2.45, 2.75) is 19.0 Å². The van der Waals surface area contributed by atoms with Crippen molar-refractivity contribution < 1.29 is 14.3 Å². The van der Waals surface area contributed by atoms with E-state index in [4.69, 9.17) is 9.47 Å². The smallest absolute Gasteiger partial charge is 0.234 e. The zero-order chi connectivity index (χ0) is 21.0. The van der Waals surface area contributed by atoms with Crippen molar-refractivity contribution in [3.63, 3.8) is 0 Å². The van der Waals surface area contributed by atoms with Crippen molar-refractivity contribution in [3.8, 4) is 22.9 Å². The zero-order valence-corrected chi connectivity index (χ0v) is 18.0.